The van der Waals surface area contributed by atoms with Crippen LogP contribution in [-0.4, -0.2) is 68.8 Å². The minimum atomic E-state index is -1.61. The minimum absolute atomic E-state index is 0.133. The van der Waals surface area contributed by atoms with Gasteiger partial charge in [-0.05, 0) is 30.3 Å². The molecule has 0 aliphatic carbocycles. The fraction of sp³-hybridized carbons (Fsp3) is 0.350. The highest BCUT2D eigenvalue weighted by atomic mass is 16.7. The maximum absolute atomic E-state index is 12.1. The number of benzene rings is 2. The Hall–Kier alpha value is -2.69. The molecule has 0 saturated carbocycles. The number of aliphatic hydroxyl groups excluding tert-OH is 4. The first-order chi connectivity index (χ1) is 13.9. The van der Waals surface area contributed by atoms with Gasteiger partial charge in [0, 0.05) is 5.56 Å². The topological polar surface area (TPSA) is 146 Å². The molecule has 3 rings (SSSR count). The SMILES string of the molecule is O=C(OC[C@H]1O[C@@H](Oc2ccc(O)c(CO)c2)[C@H](O)[C@@H](O)[C@@H]1O)c1ccccc1. The highest BCUT2D eigenvalue weighted by molar-refractivity contribution is 5.89. The first-order valence-electron chi connectivity index (χ1n) is 8.92. The van der Waals surface area contributed by atoms with Crippen molar-refractivity contribution in [3.05, 3.63) is 59.7 Å². The van der Waals surface area contributed by atoms with E-state index in [2.05, 4.69) is 0 Å². The number of esters is 1. The van der Waals surface area contributed by atoms with Crippen molar-refractivity contribution in [3.8, 4) is 11.5 Å². The molecule has 0 aromatic heterocycles. The van der Waals surface area contributed by atoms with E-state index in [9.17, 15) is 30.3 Å². The lowest BCUT2D eigenvalue weighted by Crippen LogP contribution is -2.60. The van der Waals surface area contributed by atoms with E-state index in [-0.39, 0.29) is 23.7 Å². The summed E-state index contributed by atoms with van der Waals surface area (Å²) in [6.07, 6.45) is -7.24. The molecule has 0 unspecified atom stereocenters. The number of hydrogen-bond acceptors (Lipinski definition) is 9. The van der Waals surface area contributed by atoms with E-state index in [0.717, 1.165) is 0 Å². The number of aromatic hydroxyl groups is 1. The Morgan fingerprint density at radius 1 is 1.00 bits per heavy atom. The third kappa shape index (κ3) is 4.84. The molecule has 2 aromatic carbocycles. The van der Waals surface area contributed by atoms with E-state index < -0.39 is 43.3 Å². The molecular formula is C20H22O9. The second kappa shape index (κ2) is 9.21. The van der Waals surface area contributed by atoms with Crippen LogP contribution in [0.15, 0.2) is 48.5 Å². The number of carbonyl (C=O) groups is 1. The molecule has 1 heterocycles. The van der Waals surface area contributed by atoms with Crippen LogP contribution < -0.4 is 4.74 Å². The van der Waals surface area contributed by atoms with Gasteiger partial charge in [-0.3, -0.25) is 0 Å². The van der Waals surface area contributed by atoms with Crippen molar-refractivity contribution in [3.63, 3.8) is 0 Å². The molecule has 156 valence electrons. The fourth-order valence-corrected chi connectivity index (χ4v) is 2.86. The second-order valence-electron chi connectivity index (χ2n) is 6.55. The van der Waals surface area contributed by atoms with Gasteiger partial charge in [-0.15, -0.1) is 0 Å². The average molecular weight is 406 g/mol. The predicted octanol–water partition coefficient (Wildman–Crippen LogP) is -0.0721. The molecule has 9 nitrogen and oxygen atoms in total. The number of hydrogen-bond donors (Lipinski definition) is 5. The molecule has 0 bridgehead atoms. The van der Waals surface area contributed by atoms with Gasteiger partial charge < -0.3 is 39.7 Å². The van der Waals surface area contributed by atoms with Crippen LogP contribution in [0, 0.1) is 0 Å². The lowest BCUT2D eigenvalue weighted by atomic mass is 9.99. The van der Waals surface area contributed by atoms with Crippen molar-refractivity contribution in [1.29, 1.82) is 0 Å². The number of carbonyl (C=O) groups excluding carboxylic acids is 1. The quantitative estimate of drug-likeness (QED) is 0.416. The van der Waals surface area contributed by atoms with Crippen LogP contribution >= 0.6 is 0 Å². The van der Waals surface area contributed by atoms with Gasteiger partial charge in [0.1, 0.15) is 42.5 Å². The zero-order valence-corrected chi connectivity index (χ0v) is 15.3. The van der Waals surface area contributed by atoms with Crippen LogP contribution in [0.4, 0.5) is 0 Å². The van der Waals surface area contributed by atoms with Crippen LogP contribution in [0.2, 0.25) is 0 Å². The Morgan fingerprint density at radius 3 is 2.41 bits per heavy atom. The Bertz CT molecular complexity index is 826. The zero-order chi connectivity index (χ0) is 21.0. The summed E-state index contributed by atoms with van der Waals surface area (Å²) in [6.45, 7) is -0.813. The maximum atomic E-state index is 12.1. The lowest BCUT2D eigenvalue weighted by Gasteiger charge is -2.39. The molecule has 29 heavy (non-hydrogen) atoms. The van der Waals surface area contributed by atoms with Crippen LogP contribution in [0.3, 0.4) is 0 Å². The summed E-state index contributed by atoms with van der Waals surface area (Å²) in [5, 5.41) is 49.2. The second-order valence-corrected chi connectivity index (χ2v) is 6.55. The summed E-state index contributed by atoms with van der Waals surface area (Å²) in [5.74, 6) is -0.615. The Labute approximate surface area is 166 Å². The van der Waals surface area contributed by atoms with Crippen LogP contribution in [0.1, 0.15) is 15.9 Å². The Balaban J connectivity index is 1.67. The third-order valence-corrected chi connectivity index (χ3v) is 4.53. The van der Waals surface area contributed by atoms with E-state index in [1.807, 2.05) is 0 Å². The number of rotatable bonds is 6. The summed E-state index contributed by atoms with van der Waals surface area (Å²) in [6, 6.07) is 12.2. The van der Waals surface area contributed by atoms with Gasteiger partial charge in [0.05, 0.1) is 12.2 Å². The number of aliphatic hydroxyl groups is 4. The molecule has 0 amide bonds. The summed E-state index contributed by atoms with van der Waals surface area (Å²) in [5.41, 5.74) is 0.508. The molecule has 5 N–H and O–H groups in total. The van der Waals surface area contributed by atoms with Gasteiger partial charge >= 0.3 is 5.97 Å². The van der Waals surface area contributed by atoms with Crippen molar-refractivity contribution in [1.82, 2.24) is 0 Å². The summed E-state index contributed by atoms with van der Waals surface area (Å²) in [7, 11) is 0. The van der Waals surface area contributed by atoms with Gasteiger partial charge in [0.25, 0.3) is 0 Å². The fourth-order valence-electron chi connectivity index (χ4n) is 2.86. The largest absolute Gasteiger partial charge is 0.508 e. The molecule has 2 aromatic rings. The highest BCUT2D eigenvalue weighted by Gasteiger charge is 2.45. The van der Waals surface area contributed by atoms with Crippen LogP contribution in [0.5, 0.6) is 11.5 Å². The average Bonchev–Trinajstić information content (AvgIpc) is 2.74. The van der Waals surface area contributed by atoms with E-state index in [1.165, 1.54) is 18.2 Å². The van der Waals surface area contributed by atoms with Crippen molar-refractivity contribution in [2.24, 2.45) is 0 Å². The maximum Gasteiger partial charge on any atom is 0.338 e. The number of ether oxygens (including phenoxy) is 3. The van der Waals surface area contributed by atoms with Gasteiger partial charge in [-0.25, -0.2) is 4.79 Å². The normalized spacial score (nSPS) is 26.7. The van der Waals surface area contributed by atoms with Gasteiger partial charge in [0.15, 0.2) is 0 Å². The van der Waals surface area contributed by atoms with E-state index >= 15 is 0 Å². The molecule has 1 aliphatic rings. The standard InChI is InChI=1S/C20H22O9/c21-9-12-8-13(6-7-14(12)22)28-20-18(25)17(24)16(23)15(29-20)10-27-19(26)11-4-2-1-3-5-11/h1-8,15-18,20-25H,9-10H2/t15-,16-,17+,18-,20-/m1/s1. The molecule has 0 spiro atoms. The van der Waals surface area contributed by atoms with Gasteiger partial charge in [-0.2, -0.15) is 0 Å². The summed E-state index contributed by atoms with van der Waals surface area (Å²) in [4.78, 5) is 12.1. The minimum Gasteiger partial charge on any atom is -0.508 e. The third-order valence-electron chi connectivity index (χ3n) is 4.53. The lowest BCUT2D eigenvalue weighted by molar-refractivity contribution is -0.277. The smallest absolute Gasteiger partial charge is 0.338 e. The summed E-state index contributed by atoms with van der Waals surface area (Å²) >= 11 is 0. The number of phenols is 1. The molecule has 5 atom stereocenters. The van der Waals surface area contributed by atoms with E-state index in [1.54, 1.807) is 30.3 Å². The Kier molecular flexibility index (Phi) is 6.68. The van der Waals surface area contributed by atoms with Crippen molar-refractivity contribution in [2.45, 2.75) is 37.3 Å². The van der Waals surface area contributed by atoms with Gasteiger partial charge in [0.2, 0.25) is 6.29 Å². The molecule has 1 aliphatic heterocycles. The van der Waals surface area contributed by atoms with Crippen molar-refractivity contribution < 1.29 is 44.5 Å². The first-order valence-corrected chi connectivity index (χ1v) is 8.92. The first kappa shape index (κ1) is 21.0. The van der Waals surface area contributed by atoms with E-state index in [0.29, 0.717) is 5.56 Å². The van der Waals surface area contributed by atoms with Crippen molar-refractivity contribution >= 4 is 5.97 Å². The monoisotopic (exact) mass is 406 g/mol. The van der Waals surface area contributed by atoms with Gasteiger partial charge in [-0.1, -0.05) is 18.2 Å². The Morgan fingerprint density at radius 2 is 1.72 bits per heavy atom. The molecule has 1 saturated heterocycles. The molecule has 0 radical (unpaired) electrons. The van der Waals surface area contributed by atoms with Crippen LogP contribution in [0.25, 0.3) is 0 Å². The zero-order valence-electron chi connectivity index (χ0n) is 15.3. The molecule has 1 fully saturated rings. The summed E-state index contributed by atoms with van der Waals surface area (Å²) < 4.78 is 16.1. The van der Waals surface area contributed by atoms with Crippen LogP contribution in [-0.2, 0) is 16.1 Å². The highest BCUT2D eigenvalue weighted by Crippen LogP contribution is 2.28. The molecule has 9 heteroatoms. The van der Waals surface area contributed by atoms with Crippen molar-refractivity contribution in [2.75, 3.05) is 6.61 Å². The molecular weight excluding hydrogens is 384 g/mol. The van der Waals surface area contributed by atoms with E-state index in [4.69, 9.17) is 14.2 Å². The predicted molar refractivity (Wildman–Crippen MR) is 98.1 cm³/mol.